The minimum absolute atomic E-state index is 0.0230. The van der Waals surface area contributed by atoms with Gasteiger partial charge in [0.1, 0.15) is 0 Å². The first-order chi connectivity index (χ1) is 30.7. The molecule has 3 nitrogen and oxygen atoms in total. The Balaban J connectivity index is 1.20. The fraction of sp³-hybridized carbons (Fsp3) is 0.300. The molecule has 0 aromatic heterocycles. The molecule has 7 aromatic carbocycles. The van der Waals surface area contributed by atoms with E-state index in [9.17, 15) is 0 Å². The molecule has 4 atom stereocenters. The van der Waals surface area contributed by atoms with E-state index in [0.29, 0.717) is 0 Å². The van der Waals surface area contributed by atoms with Crippen LogP contribution in [0.4, 0.5) is 39.8 Å². The van der Waals surface area contributed by atoms with Crippen molar-refractivity contribution < 1.29 is 0 Å². The lowest BCUT2D eigenvalue weighted by molar-refractivity contribution is 0.244. The lowest BCUT2D eigenvalue weighted by Gasteiger charge is -2.54. The Bertz CT molecular complexity index is 3180. The zero-order chi connectivity index (χ0) is 43.9. The van der Waals surface area contributed by atoms with Crippen LogP contribution in [0.1, 0.15) is 111 Å². The summed E-state index contributed by atoms with van der Waals surface area (Å²) in [5.41, 5.74) is 25.3. The molecule has 4 heteroatoms. The summed E-state index contributed by atoms with van der Waals surface area (Å²) >= 11 is 0. The van der Waals surface area contributed by atoms with E-state index in [-0.39, 0.29) is 34.0 Å². The predicted molar refractivity (Wildman–Crippen MR) is 270 cm³/mol. The van der Waals surface area contributed by atoms with Crippen LogP contribution in [0.5, 0.6) is 0 Å². The first kappa shape index (κ1) is 38.5. The van der Waals surface area contributed by atoms with Crippen molar-refractivity contribution in [3.63, 3.8) is 0 Å². The summed E-state index contributed by atoms with van der Waals surface area (Å²) in [7, 11) is 0. The van der Waals surface area contributed by atoms with Crippen molar-refractivity contribution in [2.45, 2.75) is 115 Å². The van der Waals surface area contributed by atoms with Gasteiger partial charge in [0.05, 0.1) is 11.1 Å². The molecule has 0 amide bonds. The zero-order valence-corrected chi connectivity index (χ0v) is 39.0. The maximum Gasteiger partial charge on any atom is 0.252 e. The summed E-state index contributed by atoms with van der Waals surface area (Å²) in [6.45, 7) is 22.1. The van der Waals surface area contributed by atoms with Crippen molar-refractivity contribution in [2.24, 2.45) is 0 Å². The Labute approximate surface area is 380 Å². The molecule has 0 saturated heterocycles. The van der Waals surface area contributed by atoms with Crippen molar-refractivity contribution in [3.8, 4) is 0 Å². The van der Waals surface area contributed by atoms with Crippen LogP contribution >= 0.6 is 0 Å². The van der Waals surface area contributed by atoms with E-state index in [2.05, 4.69) is 217 Å². The standard InChI is InChI=1S/C60H58BN3/c1-37-22-25-42(26-23-37)62-51-27-24-38(2)32-48(51)61-49-34-41(56(3,4)5)33-47-55(49)64(60(9)45-19-13-11-17-40(45)29-31-58(47,60)7)53-36-43(35-52(62)54(53)61)63-50-21-15-14-20-46(50)57(6)30-28-39-16-10-12-18-44(39)59(57,63)8/h10-27,32-36H,28-31H2,1-9H3. The van der Waals surface area contributed by atoms with Crippen LogP contribution < -0.4 is 31.1 Å². The van der Waals surface area contributed by atoms with Crippen LogP contribution in [0.3, 0.4) is 0 Å². The lowest BCUT2D eigenvalue weighted by Crippen LogP contribution is -2.64. The summed E-state index contributed by atoms with van der Waals surface area (Å²) < 4.78 is 0. The smallest absolute Gasteiger partial charge is 0.252 e. The van der Waals surface area contributed by atoms with E-state index in [1.54, 1.807) is 0 Å². The fourth-order valence-corrected chi connectivity index (χ4v) is 14.2. The van der Waals surface area contributed by atoms with Crippen molar-refractivity contribution >= 4 is 62.9 Å². The lowest BCUT2D eigenvalue weighted by atomic mass is 9.33. The number of aryl methyl sites for hydroxylation is 4. The number of para-hydroxylation sites is 1. The third-order valence-corrected chi connectivity index (χ3v) is 18.0. The normalized spacial score (nSPS) is 25.1. The molecule has 64 heavy (non-hydrogen) atoms. The van der Waals surface area contributed by atoms with Crippen LogP contribution in [0.2, 0.25) is 0 Å². The van der Waals surface area contributed by atoms with E-state index in [4.69, 9.17) is 0 Å². The van der Waals surface area contributed by atoms with Gasteiger partial charge in [0.2, 0.25) is 0 Å². The van der Waals surface area contributed by atoms with Gasteiger partial charge in [-0.2, -0.15) is 0 Å². The second-order valence-corrected chi connectivity index (χ2v) is 22.1. The van der Waals surface area contributed by atoms with Gasteiger partial charge in [0.15, 0.2) is 0 Å². The molecule has 0 saturated carbocycles. The van der Waals surface area contributed by atoms with Gasteiger partial charge in [-0.1, -0.05) is 149 Å². The third kappa shape index (κ3) is 4.50. The summed E-state index contributed by atoms with van der Waals surface area (Å²) in [6.07, 6.45) is 4.36. The van der Waals surface area contributed by atoms with Gasteiger partial charge in [-0.3, -0.25) is 0 Å². The van der Waals surface area contributed by atoms with E-state index in [0.717, 1.165) is 25.7 Å². The maximum absolute atomic E-state index is 2.90. The Morgan fingerprint density at radius 1 is 0.484 bits per heavy atom. The Kier molecular flexibility index (Phi) is 7.46. The molecular weight excluding hydrogens is 773 g/mol. The van der Waals surface area contributed by atoms with Gasteiger partial charge >= 0.3 is 0 Å². The summed E-state index contributed by atoms with van der Waals surface area (Å²) in [4.78, 5) is 8.31. The van der Waals surface area contributed by atoms with Crippen LogP contribution in [0.25, 0.3) is 0 Å². The molecule has 13 rings (SSSR count). The van der Waals surface area contributed by atoms with E-state index >= 15 is 0 Å². The zero-order valence-electron chi connectivity index (χ0n) is 39.0. The van der Waals surface area contributed by atoms with Crippen molar-refractivity contribution in [3.05, 3.63) is 190 Å². The van der Waals surface area contributed by atoms with Gasteiger partial charge < -0.3 is 14.7 Å². The molecule has 0 N–H and O–H groups in total. The number of hydrogen-bond acceptors (Lipinski definition) is 3. The molecule has 0 radical (unpaired) electrons. The largest absolute Gasteiger partial charge is 0.331 e. The molecule has 0 bridgehead atoms. The number of rotatable bonds is 2. The second-order valence-electron chi connectivity index (χ2n) is 22.1. The number of nitrogens with zero attached hydrogens (tertiary/aromatic N) is 3. The monoisotopic (exact) mass is 831 g/mol. The highest BCUT2D eigenvalue weighted by molar-refractivity contribution is 7.00. The highest BCUT2D eigenvalue weighted by Crippen LogP contribution is 2.67. The van der Waals surface area contributed by atoms with Crippen LogP contribution in [0.15, 0.2) is 140 Å². The molecule has 4 heterocycles. The highest BCUT2D eigenvalue weighted by Gasteiger charge is 2.64. The van der Waals surface area contributed by atoms with Crippen molar-refractivity contribution in [1.82, 2.24) is 0 Å². The fourth-order valence-electron chi connectivity index (χ4n) is 14.2. The van der Waals surface area contributed by atoms with Crippen molar-refractivity contribution in [2.75, 3.05) is 14.7 Å². The average Bonchev–Trinajstić information content (AvgIpc) is 3.64. The van der Waals surface area contributed by atoms with E-state index in [1.165, 1.54) is 106 Å². The third-order valence-electron chi connectivity index (χ3n) is 18.0. The molecule has 4 unspecified atom stereocenters. The number of anilines is 7. The van der Waals surface area contributed by atoms with E-state index in [1.807, 2.05) is 0 Å². The van der Waals surface area contributed by atoms with Crippen LogP contribution in [0, 0.1) is 13.8 Å². The topological polar surface area (TPSA) is 9.72 Å². The minimum atomic E-state index is -0.340. The van der Waals surface area contributed by atoms with Crippen molar-refractivity contribution in [1.29, 1.82) is 0 Å². The van der Waals surface area contributed by atoms with Gasteiger partial charge in [-0.05, 0) is 151 Å². The van der Waals surface area contributed by atoms with Gasteiger partial charge in [0.25, 0.3) is 6.71 Å². The van der Waals surface area contributed by atoms with Gasteiger partial charge in [0, 0.05) is 50.6 Å². The highest BCUT2D eigenvalue weighted by atomic mass is 15.3. The quantitative estimate of drug-likeness (QED) is 0.161. The molecule has 0 spiro atoms. The molecule has 6 aliphatic rings. The molecule has 2 aliphatic carbocycles. The predicted octanol–water partition coefficient (Wildman–Crippen LogP) is 12.8. The number of hydrogen-bond donors (Lipinski definition) is 0. The minimum Gasteiger partial charge on any atom is -0.331 e. The SMILES string of the molecule is Cc1ccc(N2c3ccc(C)cc3B3c4cc(C(C)(C)C)cc5c4N(c4cc(N6c7ccccc7C7(C)CCc8ccccc8C67C)cc2c43)C2(C)c3ccccc3CCC52C)cc1. The summed E-state index contributed by atoms with van der Waals surface area (Å²) in [5, 5.41) is 0. The summed E-state index contributed by atoms with van der Waals surface area (Å²) in [5.74, 6) is 0. The molecule has 0 fully saturated rings. The number of fused-ring (bicyclic) bond motifs is 14. The Morgan fingerprint density at radius 3 is 1.73 bits per heavy atom. The first-order valence-electron chi connectivity index (χ1n) is 23.9. The molecule has 316 valence electrons. The van der Waals surface area contributed by atoms with E-state index < -0.39 is 0 Å². The van der Waals surface area contributed by atoms with Gasteiger partial charge in [-0.25, -0.2) is 0 Å². The Hall–Kier alpha value is -6.00. The second kappa shape index (κ2) is 12.4. The van der Waals surface area contributed by atoms with Crippen LogP contribution in [-0.2, 0) is 40.2 Å². The van der Waals surface area contributed by atoms with Crippen LogP contribution in [-0.4, -0.2) is 6.71 Å². The molecule has 7 aromatic rings. The average molecular weight is 832 g/mol. The maximum atomic E-state index is 2.90. The molecular formula is C60H58BN3. The molecule has 4 aliphatic heterocycles. The first-order valence-corrected chi connectivity index (χ1v) is 23.9. The summed E-state index contributed by atoms with van der Waals surface area (Å²) in [6, 6.07) is 55.2. The van der Waals surface area contributed by atoms with Gasteiger partial charge in [-0.15, -0.1) is 0 Å². The number of benzene rings is 7. The Morgan fingerprint density at radius 2 is 1.06 bits per heavy atom.